The molecule has 2 rings (SSSR count). The van der Waals surface area contributed by atoms with Gasteiger partial charge < -0.3 is 5.32 Å². The Hall–Kier alpha value is -2.32. The topological polar surface area (TPSA) is 70.7 Å². The molecule has 0 spiro atoms. The fraction of sp³-hybridized carbons (Fsp3) is 0.421. The van der Waals surface area contributed by atoms with Crippen molar-refractivity contribution in [2.24, 2.45) is 0 Å². The van der Waals surface area contributed by atoms with E-state index >= 15 is 0 Å². The van der Waals surface area contributed by atoms with E-state index in [0.29, 0.717) is 30.8 Å². The Morgan fingerprint density at radius 2 is 2.04 bits per heavy atom. The molecule has 5 nitrogen and oxygen atoms in total. The van der Waals surface area contributed by atoms with Gasteiger partial charge in [-0.3, -0.25) is 9.48 Å². The summed E-state index contributed by atoms with van der Waals surface area (Å²) in [6.07, 6.45) is 1.48. The second-order valence-corrected chi connectivity index (χ2v) is 6.56. The third kappa shape index (κ3) is 5.07. The molecule has 0 aliphatic rings. The number of amides is 1. The van der Waals surface area contributed by atoms with Crippen LogP contribution in [0.15, 0.2) is 24.3 Å². The van der Waals surface area contributed by atoms with Crippen LogP contribution in [0.5, 0.6) is 0 Å². The van der Waals surface area contributed by atoms with Gasteiger partial charge in [0.15, 0.2) is 0 Å². The maximum absolute atomic E-state index is 12.3. The summed E-state index contributed by atoms with van der Waals surface area (Å²) in [4.78, 5) is 12.3. The highest BCUT2D eigenvalue weighted by Gasteiger charge is 2.14. The zero-order valence-electron chi connectivity index (χ0n) is 14.8. The Labute approximate surface area is 153 Å². The van der Waals surface area contributed by atoms with Crippen molar-refractivity contribution in [2.75, 3.05) is 0 Å². The lowest BCUT2D eigenvalue weighted by Crippen LogP contribution is -2.26. The van der Waals surface area contributed by atoms with E-state index in [4.69, 9.17) is 16.9 Å². The van der Waals surface area contributed by atoms with E-state index in [2.05, 4.69) is 16.5 Å². The predicted octanol–water partition coefficient (Wildman–Crippen LogP) is 3.88. The van der Waals surface area contributed by atoms with Crippen LogP contribution in [0.3, 0.4) is 0 Å². The number of halogens is 1. The summed E-state index contributed by atoms with van der Waals surface area (Å²) in [6, 6.07) is 9.54. The molecule has 0 radical (unpaired) electrons. The van der Waals surface area contributed by atoms with Crippen molar-refractivity contribution in [3.63, 3.8) is 0 Å². The van der Waals surface area contributed by atoms with Crippen LogP contribution < -0.4 is 5.32 Å². The number of hydrogen-bond acceptors (Lipinski definition) is 3. The molecular weight excluding hydrogens is 336 g/mol. The third-order valence-electron chi connectivity index (χ3n) is 4.32. The molecule has 1 aromatic heterocycles. The summed E-state index contributed by atoms with van der Waals surface area (Å²) < 4.78 is 1.85. The average Bonchev–Trinajstić information content (AvgIpc) is 2.85. The molecule has 6 heteroatoms. The Morgan fingerprint density at radius 3 is 2.68 bits per heavy atom. The minimum atomic E-state index is -0.0645. The summed E-state index contributed by atoms with van der Waals surface area (Å²) in [5.74, 6) is 0.00558. The fourth-order valence-electron chi connectivity index (χ4n) is 2.86. The minimum absolute atomic E-state index is 0.00558. The van der Waals surface area contributed by atoms with Crippen LogP contribution >= 0.6 is 11.6 Å². The molecular formula is C19H23ClN4O. The van der Waals surface area contributed by atoms with Crippen LogP contribution in [-0.2, 0) is 17.8 Å². The number of nitrogens with zero attached hydrogens (tertiary/aromatic N) is 3. The van der Waals surface area contributed by atoms with Crippen molar-refractivity contribution in [3.05, 3.63) is 51.8 Å². The molecule has 1 N–H and O–H groups in total. The fourth-order valence-corrected chi connectivity index (χ4v) is 2.98. The standard InChI is InChI=1S/C19H23ClN4O/c1-13(16-5-7-17(20)8-6-16)22-19(25)10-9-18-14(2)23-24(15(18)3)12-4-11-21/h5-8,13H,4,9-10,12H2,1-3H3,(H,22,25). The molecule has 1 amide bonds. The summed E-state index contributed by atoms with van der Waals surface area (Å²) in [6.45, 7) is 6.47. The zero-order chi connectivity index (χ0) is 18.4. The molecule has 0 aliphatic carbocycles. The Morgan fingerprint density at radius 1 is 1.36 bits per heavy atom. The number of hydrogen-bond donors (Lipinski definition) is 1. The van der Waals surface area contributed by atoms with Crippen LogP contribution in [0, 0.1) is 25.2 Å². The SMILES string of the molecule is Cc1nn(CCC#N)c(C)c1CCC(=O)NC(C)c1ccc(Cl)cc1. The number of aryl methyl sites for hydroxylation is 2. The Balaban J connectivity index is 1.92. The second-order valence-electron chi connectivity index (χ2n) is 6.12. The van der Waals surface area contributed by atoms with Gasteiger partial charge >= 0.3 is 0 Å². The summed E-state index contributed by atoms with van der Waals surface area (Å²) in [7, 11) is 0. The number of nitrogens with one attached hydrogen (secondary N) is 1. The highest BCUT2D eigenvalue weighted by Crippen LogP contribution is 2.18. The number of carbonyl (C=O) groups excluding carboxylic acids is 1. The molecule has 1 aromatic carbocycles. The molecule has 1 unspecified atom stereocenters. The van der Waals surface area contributed by atoms with Gasteiger partial charge in [0.05, 0.1) is 30.8 Å². The molecule has 2 aromatic rings. The van der Waals surface area contributed by atoms with Crippen LogP contribution in [0.2, 0.25) is 5.02 Å². The molecule has 0 saturated carbocycles. The first-order valence-electron chi connectivity index (χ1n) is 8.37. The first-order valence-corrected chi connectivity index (χ1v) is 8.74. The average molecular weight is 359 g/mol. The van der Waals surface area contributed by atoms with Crippen LogP contribution in [-0.4, -0.2) is 15.7 Å². The molecule has 132 valence electrons. The zero-order valence-corrected chi connectivity index (χ0v) is 15.6. The van der Waals surface area contributed by atoms with Gasteiger partial charge in [-0.05, 0) is 50.5 Å². The largest absolute Gasteiger partial charge is 0.350 e. The van der Waals surface area contributed by atoms with Gasteiger partial charge in [-0.25, -0.2) is 0 Å². The number of benzene rings is 1. The lowest BCUT2D eigenvalue weighted by molar-refractivity contribution is -0.121. The molecule has 25 heavy (non-hydrogen) atoms. The van der Waals surface area contributed by atoms with Crippen LogP contribution in [0.4, 0.5) is 0 Å². The maximum atomic E-state index is 12.3. The quantitative estimate of drug-likeness (QED) is 0.816. The maximum Gasteiger partial charge on any atom is 0.220 e. The third-order valence-corrected chi connectivity index (χ3v) is 4.57. The summed E-state index contributed by atoms with van der Waals surface area (Å²) in [5.41, 5.74) is 4.07. The first-order chi connectivity index (χ1) is 11.9. The minimum Gasteiger partial charge on any atom is -0.350 e. The van der Waals surface area contributed by atoms with Gasteiger partial charge in [-0.2, -0.15) is 10.4 Å². The van der Waals surface area contributed by atoms with E-state index in [9.17, 15) is 4.79 Å². The Bertz CT molecular complexity index is 774. The van der Waals surface area contributed by atoms with Gasteiger partial charge in [-0.15, -0.1) is 0 Å². The predicted molar refractivity (Wildman–Crippen MR) is 98.3 cm³/mol. The second kappa shape index (κ2) is 8.68. The highest BCUT2D eigenvalue weighted by atomic mass is 35.5. The van der Waals surface area contributed by atoms with Crippen LogP contribution in [0.1, 0.15) is 48.3 Å². The number of nitriles is 1. The molecule has 0 fully saturated rings. The van der Waals surface area contributed by atoms with Gasteiger partial charge in [0, 0.05) is 17.1 Å². The van der Waals surface area contributed by atoms with E-state index in [0.717, 1.165) is 22.5 Å². The van der Waals surface area contributed by atoms with Crippen molar-refractivity contribution >= 4 is 17.5 Å². The van der Waals surface area contributed by atoms with Crippen molar-refractivity contribution in [2.45, 2.75) is 52.6 Å². The van der Waals surface area contributed by atoms with Gasteiger partial charge in [0.25, 0.3) is 0 Å². The highest BCUT2D eigenvalue weighted by molar-refractivity contribution is 6.30. The Kier molecular flexibility index (Phi) is 6.60. The summed E-state index contributed by atoms with van der Waals surface area (Å²) >= 11 is 5.89. The lowest BCUT2D eigenvalue weighted by atomic mass is 10.1. The molecule has 0 saturated heterocycles. The molecule has 1 heterocycles. The molecule has 0 aliphatic heterocycles. The van der Waals surface area contributed by atoms with Crippen LogP contribution in [0.25, 0.3) is 0 Å². The molecule has 0 bridgehead atoms. The lowest BCUT2D eigenvalue weighted by Gasteiger charge is -2.14. The smallest absolute Gasteiger partial charge is 0.220 e. The van der Waals surface area contributed by atoms with Crippen molar-refractivity contribution < 1.29 is 4.79 Å². The first kappa shape index (κ1) is 19.0. The summed E-state index contributed by atoms with van der Waals surface area (Å²) in [5, 5.41) is 16.9. The van der Waals surface area contributed by atoms with E-state index in [1.165, 1.54) is 0 Å². The van der Waals surface area contributed by atoms with E-state index < -0.39 is 0 Å². The number of aromatic nitrogens is 2. The normalized spacial score (nSPS) is 11.8. The van der Waals surface area contributed by atoms with E-state index in [1.807, 2.05) is 49.7 Å². The van der Waals surface area contributed by atoms with Gasteiger partial charge in [0.2, 0.25) is 5.91 Å². The monoisotopic (exact) mass is 358 g/mol. The van der Waals surface area contributed by atoms with E-state index in [1.54, 1.807) is 0 Å². The number of rotatable bonds is 7. The van der Waals surface area contributed by atoms with Crippen molar-refractivity contribution in [1.29, 1.82) is 5.26 Å². The van der Waals surface area contributed by atoms with E-state index in [-0.39, 0.29) is 11.9 Å². The van der Waals surface area contributed by atoms with Crippen molar-refractivity contribution in [3.8, 4) is 6.07 Å². The molecule has 1 atom stereocenters. The van der Waals surface area contributed by atoms with Gasteiger partial charge in [0.1, 0.15) is 0 Å². The van der Waals surface area contributed by atoms with Crippen molar-refractivity contribution in [1.82, 2.24) is 15.1 Å². The van der Waals surface area contributed by atoms with Gasteiger partial charge in [-0.1, -0.05) is 23.7 Å². The number of carbonyl (C=O) groups is 1.